The molecule has 0 spiro atoms. The third-order valence-electron chi connectivity index (χ3n) is 2.53. The van der Waals surface area contributed by atoms with Gasteiger partial charge < -0.3 is 0 Å². The molecule has 18 heavy (non-hydrogen) atoms. The Bertz CT molecular complexity index is 243. The van der Waals surface area contributed by atoms with Crippen LogP contribution in [-0.2, 0) is 12.6 Å². The van der Waals surface area contributed by atoms with Crippen molar-refractivity contribution in [2.75, 3.05) is 6.61 Å². The molecule has 0 aliphatic heterocycles. The van der Waals surface area contributed by atoms with E-state index in [1.807, 2.05) is 13.8 Å². The van der Waals surface area contributed by atoms with Gasteiger partial charge in [-0.2, -0.15) is 0 Å². The van der Waals surface area contributed by atoms with Crippen LogP contribution in [0.15, 0.2) is 11.8 Å². The fourth-order valence-electron chi connectivity index (χ4n) is 1.58. The second-order valence-electron chi connectivity index (χ2n) is 4.35. The van der Waals surface area contributed by atoms with E-state index < -0.39 is 20.2 Å². The van der Waals surface area contributed by atoms with Crippen LogP contribution in [0.2, 0.25) is 8.87 Å². The van der Waals surface area contributed by atoms with Crippen molar-refractivity contribution in [1.29, 1.82) is 0 Å². The van der Waals surface area contributed by atoms with Gasteiger partial charge in [0.25, 0.3) is 0 Å². The van der Waals surface area contributed by atoms with Crippen LogP contribution in [0, 0.1) is 0 Å². The number of unbranched alkanes of at least 4 members (excludes halogenated alkanes) is 2. The Morgan fingerprint density at radius 2 is 1.67 bits per heavy atom. The second-order valence-corrected chi connectivity index (χ2v) is 10.9. The van der Waals surface area contributed by atoms with E-state index in [9.17, 15) is 4.79 Å². The normalized spacial score (nSPS) is 11.7. The monoisotopic (exact) mass is 363 g/mol. The minimum atomic E-state index is -1.77. The van der Waals surface area contributed by atoms with E-state index in [2.05, 4.69) is 13.8 Å². The van der Waals surface area contributed by atoms with Gasteiger partial charge in [-0.15, -0.1) is 0 Å². The van der Waals surface area contributed by atoms with Gasteiger partial charge >= 0.3 is 119 Å². The van der Waals surface area contributed by atoms with E-state index >= 15 is 0 Å². The topological polar surface area (TPSA) is 35.5 Å². The zero-order chi connectivity index (χ0) is 13.8. The summed E-state index contributed by atoms with van der Waals surface area (Å²) in [4.78, 5) is 11.3. The molecule has 0 unspecified atom stereocenters. The molecule has 0 aromatic rings. The predicted molar refractivity (Wildman–Crippen MR) is 76.7 cm³/mol. The molecule has 0 rings (SSSR count). The number of hydrogen-bond acceptors (Lipinski definition) is 3. The minimum absolute atomic E-state index is 0.288. The van der Waals surface area contributed by atoms with Crippen molar-refractivity contribution in [3.63, 3.8) is 0 Å². The van der Waals surface area contributed by atoms with Gasteiger partial charge in [-0.3, -0.25) is 0 Å². The van der Waals surface area contributed by atoms with Crippen LogP contribution in [0.4, 0.5) is 0 Å². The van der Waals surface area contributed by atoms with E-state index in [0.29, 0.717) is 6.61 Å². The second kappa shape index (κ2) is 11.9. The number of rotatable bonds is 10. The van der Waals surface area contributed by atoms with Crippen LogP contribution in [0.3, 0.4) is 0 Å². The number of ether oxygens (including phenoxy) is 1. The molecule has 0 aromatic heterocycles. The van der Waals surface area contributed by atoms with Crippen LogP contribution in [-0.4, -0.2) is 32.7 Å². The van der Waals surface area contributed by atoms with Crippen LogP contribution in [0.5, 0.6) is 0 Å². The first-order valence-corrected chi connectivity index (χ1v) is 12.2. The molecule has 0 saturated carbocycles. The van der Waals surface area contributed by atoms with Crippen LogP contribution < -0.4 is 0 Å². The summed E-state index contributed by atoms with van der Waals surface area (Å²) in [6.07, 6.45) is 6.44. The zero-order valence-corrected chi connectivity index (χ0v) is 15.1. The molecule has 4 heteroatoms. The molecule has 1 radical (unpaired) electrons. The molecule has 0 heterocycles. The van der Waals surface area contributed by atoms with Crippen molar-refractivity contribution in [1.82, 2.24) is 0 Å². The summed E-state index contributed by atoms with van der Waals surface area (Å²) in [7, 11) is 0. The molecule has 0 amide bonds. The molecule has 3 nitrogen and oxygen atoms in total. The van der Waals surface area contributed by atoms with Crippen molar-refractivity contribution in [2.24, 2.45) is 0 Å². The predicted octanol–water partition coefficient (Wildman–Crippen LogP) is 4.06. The van der Waals surface area contributed by atoms with E-state index in [0.717, 1.165) is 5.76 Å². The van der Waals surface area contributed by atoms with Gasteiger partial charge in [-0.25, -0.2) is 0 Å². The summed E-state index contributed by atoms with van der Waals surface area (Å²) < 4.78 is 13.4. The Morgan fingerprint density at radius 3 is 2.11 bits per heavy atom. The number of esters is 1. The van der Waals surface area contributed by atoms with Crippen molar-refractivity contribution in [3.8, 4) is 0 Å². The molecule has 0 atom stereocenters. The van der Waals surface area contributed by atoms with E-state index in [1.54, 1.807) is 0 Å². The standard InChI is InChI=1S/C6H10O3.2C4H9.Sn/c1-3-9-6(8)4-5(2)7;2*1-3-4-2;/h4,7H,3H2,1-2H3;2*1,3-4H2,2H3;/q;;;+1/p-1/b5-4-;;;. The Hall–Kier alpha value is -0.191. The summed E-state index contributed by atoms with van der Waals surface area (Å²) in [6.45, 7) is 8.52. The SMILES string of the molecule is CCC[CH2][Sn]([CH2]CCC)[O]/C(C)=C\C(=O)OCC. The summed E-state index contributed by atoms with van der Waals surface area (Å²) in [5.74, 6) is 0.457. The molecule has 0 aliphatic rings. The molecule has 0 fully saturated rings. The van der Waals surface area contributed by atoms with Crippen LogP contribution in [0.25, 0.3) is 0 Å². The van der Waals surface area contributed by atoms with Crippen LogP contribution in [0.1, 0.15) is 53.4 Å². The first-order valence-electron chi connectivity index (χ1n) is 7.01. The molecular formula is C14H27O3Sn. The number of carbonyl (C=O) groups is 1. The molecule has 0 N–H and O–H groups in total. The van der Waals surface area contributed by atoms with E-state index in [-0.39, 0.29) is 5.97 Å². The Kier molecular flexibility index (Phi) is 11.7. The van der Waals surface area contributed by atoms with Gasteiger partial charge in [0.2, 0.25) is 0 Å². The summed E-state index contributed by atoms with van der Waals surface area (Å²) in [5, 5.41) is 0. The number of carbonyl (C=O) groups excluding carboxylic acids is 1. The molecule has 0 saturated heterocycles. The zero-order valence-electron chi connectivity index (χ0n) is 12.3. The third kappa shape index (κ3) is 9.80. The Morgan fingerprint density at radius 1 is 1.11 bits per heavy atom. The van der Waals surface area contributed by atoms with Gasteiger partial charge in [0.1, 0.15) is 0 Å². The van der Waals surface area contributed by atoms with Crippen molar-refractivity contribution in [3.05, 3.63) is 11.8 Å². The first-order chi connectivity index (χ1) is 8.63. The fourth-order valence-corrected chi connectivity index (χ4v) is 8.61. The van der Waals surface area contributed by atoms with Gasteiger partial charge in [0.05, 0.1) is 0 Å². The van der Waals surface area contributed by atoms with E-state index in [4.69, 9.17) is 7.81 Å². The maximum absolute atomic E-state index is 11.3. The number of hydrogen-bond donors (Lipinski definition) is 0. The van der Waals surface area contributed by atoms with Gasteiger partial charge in [0.15, 0.2) is 0 Å². The number of allylic oxidation sites excluding steroid dienone is 1. The fraction of sp³-hybridized carbons (Fsp3) is 0.786. The van der Waals surface area contributed by atoms with Crippen molar-refractivity contribution < 1.29 is 12.6 Å². The van der Waals surface area contributed by atoms with E-state index in [1.165, 1.54) is 40.6 Å². The van der Waals surface area contributed by atoms with Crippen molar-refractivity contribution in [2.45, 2.75) is 62.3 Å². The molecule has 0 aromatic carbocycles. The average Bonchev–Trinajstić information content (AvgIpc) is 2.32. The summed E-state index contributed by atoms with van der Waals surface area (Å²) in [5.41, 5.74) is 0. The Labute approximate surface area is 119 Å². The average molecular weight is 362 g/mol. The Balaban J connectivity index is 4.22. The molecule has 105 valence electrons. The third-order valence-corrected chi connectivity index (χ3v) is 9.48. The van der Waals surface area contributed by atoms with Crippen LogP contribution >= 0.6 is 0 Å². The first kappa shape index (κ1) is 17.8. The molecule has 0 bridgehead atoms. The molecular weight excluding hydrogens is 335 g/mol. The maximum atomic E-state index is 11.3. The summed E-state index contributed by atoms with van der Waals surface area (Å²) in [6, 6.07) is 0. The van der Waals surface area contributed by atoms with Crippen molar-refractivity contribution >= 4 is 26.1 Å². The summed E-state index contributed by atoms with van der Waals surface area (Å²) >= 11 is -1.77. The van der Waals surface area contributed by atoms with Gasteiger partial charge in [0, 0.05) is 0 Å². The molecule has 0 aliphatic carbocycles. The quantitative estimate of drug-likeness (QED) is 0.255. The van der Waals surface area contributed by atoms with Gasteiger partial charge in [-0.05, 0) is 0 Å². The van der Waals surface area contributed by atoms with Gasteiger partial charge in [-0.1, -0.05) is 0 Å².